The Bertz CT molecular complexity index is 467. The normalized spacial score (nSPS) is 12.9. The van der Waals surface area contributed by atoms with E-state index in [1.807, 2.05) is 23.9 Å². The van der Waals surface area contributed by atoms with Gasteiger partial charge in [-0.2, -0.15) is 5.10 Å². The summed E-state index contributed by atoms with van der Waals surface area (Å²) in [7, 11) is 0. The standard InChI is InChI=1S/C10H14ClN5S/c1-3-12-9(8-6-17-15-14-8)10-7(11)5-13-16(10)4-2/h5-6,9,12H,3-4H2,1-2H3. The lowest BCUT2D eigenvalue weighted by molar-refractivity contribution is 0.534. The minimum Gasteiger partial charge on any atom is -0.304 e. The summed E-state index contributed by atoms with van der Waals surface area (Å²) in [5, 5.41) is 14.3. The van der Waals surface area contributed by atoms with E-state index in [1.165, 1.54) is 11.5 Å². The minimum absolute atomic E-state index is 0.0475. The van der Waals surface area contributed by atoms with Crippen molar-refractivity contribution in [2.45, 2.75) is 26.4 Å². The number of rotatable bonds is 5. The molecule has 2 rings (SSSR count). The lowest BCUT2D eigenvalue weighted by atomic mass is 10.1. The first-order valence-corrected chi connectivity index (χ1v) is 6.70. The molecular weight excluding hydrogens is 258 g/mol. The fourth-order valence-electron chi connectivity index (χ4n) is 1.75. The third-order valence-electron chi connectivity index (χ3n) is 2.49. The highest BCUT2D eigenvalue weighted by Crippen LogP contribution is 2.27. The molecular formula is C10H14ClN5S. The fourth-order valence-corrected chi connectivity index (χ4v) is 2.48. The first kappa shape index (κ1) is 12.5. The van der Waals surface area contributed by atoms with Gasteiger partial charge in [-0.15, -0.1) is 5.10 Å². The summed E-state index contributed by atoms with van der Waals surface area (Å²) in [6.07, 6.45) is 1.67. The second-order valence-corrected chi connectivity index (χ2v) is 4.53. The molecule has 0 fully saturated rings. The topological polar surface area (TPSA) is 55.6 Å². The van der Waals surface area contributed by atoms with Gasteiger partial charge in [0, 0.05) is 11.9 Å². The van der Waals surface area contributed by atoms with E-state index in [-0.39, 0.29) is 6.04 Å². The molecule has 0 bridgehead atoms. The van der Waals surface area contributed by atoms with Crippen LogP contribution in [0.1, 0.15) is 31.3 Å². The quantitative estimate of drug-likeness (QED) is 0.905. The summed E-state index contributed by atoms with van der Waals surface area (Å²) in [4.78, 5) is 0. The highest BCUT2D eigenvalue weighted by atomic mass is 35.5. The fraction of sp³-hybridized carbons (Fsp3) is 0.500. The Hall–Kier alpha value is -0.980. The maximum absolute atomic E-state index is 6.20. The van der Waals surface area contributed by atoms with Crippen LogP contribution in [-0.2, 0) is 6.54 Å². The molecule has 7 heteroatoms. The van der Waals surface area contributed by atoms with Gasteiger partial charge in [0.2, 0.25) is 0 Å². The number of aryl methyl sites for hydroxylation is 1. The van der Waals surface area contributed by atoms with Crippen LogP contribution in [0.2, 0.25) is 5.02 Å². The zero-order chi connectivity index (χ0) is 12.3. The van der Waals surface area contributed by atoms with E-state index >= 15 is 0 Å². The molecule has 2 aromatic rings. The monoisotopic (exact) mass is 271 g/mol. The molecule has 17 heavy (non-hydrogen) atoms. The van der Waals surface area contributed by atoms with Crippen LogP contribution in [0, 0.1) is 0 Å². The maximum atomic E-state index is 6.20. The van der Waals surface area contributed by atoms with Crippen LogP contribution in [-0.4, -0.2) is 25.9 Å². The van der Waals surface area contributed by atoms with Gasteiger partial charge in [-0.3, -0.25) is 4.68 Å². The number of hydrogen-bond donors (Lipinski definition) is 1. The predicted octanol–water partition coefficient (Wildman–Crippen LogP) is 2.11. The van der Waals surface area contributed by atoms with Gasteiger partial charge in [-0.25, -0.2) is 0 Å². The summed E-state index contributed by atoms with van der Waals surface area (Å²) < 4.78 is 5.78. The van der Waals surface area contributed by atoms with E-state index in [0.717, 1.165) is 24.5 Å². The Morgan fingerprint density at radius 2 is 2.35 bits per heavy atom. The number of aromatic nitrogens is 4. The third-order valence-corrected chi connectivity index (χ3v) is 3.30. The van der Waals surface area contributed by atoms with Gasteiger partial charge < -0.3 is 5.32 Å². The van der Waals surface area contributed by atoms with Gasteiger partial charge in [0.15, 0.2) is 0 Å². The van der Waals surface area contributed by atoms with Crippen LogP contribution in [0.15, 0.2) is 11.6 Å². The van der Waals surface area contributed by atoms with Crippen molar-refractivity contribution < 1.29 is 0 Å². The summed E-state index contributed by atoms with van der Waals surface area (Å²) in [5.41, 5.74) is 1.83. The molecule has 0 aliphatic carbocycles. The van der Waals surface area contributed by atoms with Crippen molar-refractivity contribution in [3.05, 3.63) is 28.0 Å². The third kappa shape index (κ3) is 2.48. The molecule has 1 N–H and O–H groups in total. The second-order valence-electron chi connectivity index (χ2n) is 3.51. The summed E-state index contributed by atoms with van der Waals surface area (Å²) >= 11 is 7.54. The van der Waals surface area contributed by atoms with Gasteiger partial charge >= 0.3 is 0 Å². The smallest absolute Gasteiger partial charge is 0.0986 e. The molecule has 0 saturated carbocycles. The molecule has 1 unspecified atom stereocenters. The summed E-state index contributed by atoms with van der Waals surface area (Å²) in [5.74, 6) is 0. The average Bonchev–Trinajstić information content (AvgIpc) is 2.95. The Morgan fingerprint density at radius 1 is 1.53 bits per heavy atom. The molecule has 5 nitrogen and oxygen atoms in total. The summed E-state index contributed by atoms with van der Waals surface area (Å²) in [6, 6.07) is -0.0475. The van der Waals surface area contributed by atoms with E-state index in [9.17, 15) is 0 Å². The molecule has 2 aromatic heterocycles. The van der Waals surface area contributed by atoms with Crippen molar-refractivity contribution >= 4 is 23.1 Å². The number of nitrogens with one attached hydrogen (secondary N) is 1. The van der Waals surface area contributed by atoms with Crippen LogP contribution in [0.3, 0.4) is 0 Å². The number of nitrogens with zero attached hydrogens (tertiary/aromatic N) is 4. The number of hydrogen-bond acceptors (Lipinski definition) is 5. The van der Waals surface area contributed by atoms with Crippen LogP contribution >= 0.6 is 23.1 Å². The van der Waals surface area contributed by atoms with Crippen molar-refractivity contribution in [3.8, 4) is 0 Å². The van der Waals surface area contributed by atoms with Gasteiger partial charge in [-0.1, -0.05) is 23.0 Å². The Morgan fingerprint density at radius 3 is 2.94 bits per heavy atom. The average molecular weight is 272 g/mol. The van der Waals surface area contributed by atoms with E-state index in [4.69, 9.17) is 11.6 Å². The molecule has 92 valence electrons. The van der Waals surface area contributed by atoms with Crippen molar-refractivity contribution in [3.63, 3.8) is 0 Å². The molecule has 0 saturated heterocycles. The van der Waals surface area contributed by atoms with Crippen LogP contribution in [0.5, 0.6) is 0 Å². The van der Waals surface area contributed by atoms with Crippen LogP contribution in [0.25, 0.3) is 0 Å². The van der Waals surface area contributed by atoms with Crippen LogP contribution in [0.4, 0.5) is 0 Å². The molecule has 0 aliphatic heterocycles. The van der Waals surface area contributed by atoms with E-state index < -0.39 is 0 Å². The van der Waals surface area contributed by atoms with E-state index in [2.05, 4.69) is 20.0 Å². The van der Waals surface area contributed by atoms with E-state index in [0.29, 0.717) is 5.02 Å². The van der Waals surface area contributed by atoms with Crippen molar-refractivity contribution in [1.29, 1.82) is 0 Å². The SMILES string of the molecule is CCNC(c1csnn1)c1c(Cl)cnn1CC. The Labute approximate surface area is 109 Å². The molecule has 1 atom stereocenters. The predicted molar refractivity (Wildman–Crippen MR) is 68.3 cm³/mol. The maximum Gasteiger partial charge on any atom is 0.0986 e. The molecule has 0 radical (unpaired) electrons. The zero-order valence-corrected chi connectivity index (χ0v) is 11.3. The molecule has 0 spiro atoms. The molecule has 0 amide bonds. The van der Waals surface area contributed by atoms with Crippen LogP contribution < -0.4 is 5.32 Å². The highest BCUT2D eigenvalue weighted by molar-refractivity contribution is 7.03. The summed E-state index contributed by atoms with van der Waals surface area (Å²) in [6.45, 7) is 5.69. The van der Waals surface area contributed by atoms with Gasteiger partial charge in [0.05, 0.1) is 28.6 Å². The van der Waals surface area contributed by atoms with E-state index in [1.54, 1.807) is 6.20 Å². The first-order valence-electron chi connectivity index (χ1n) is 5.49. The lowest BCUT2D eigenvalue weighted by Gasteiger charge is -2.17. The molecule has 0 aromatic carbocycles. The number of halogens is 1. The lowest BCUT2D eigenvalue weighted by Crippen LogP contribution is -2.25. The van der Waals surface area contributed by atoms with Crippen molar-refractivity contribution in [2.24, 2.45) is 0 Å². The molecule has 0 aliphatic rings. The van der Waals surface area contributed by atoms with Gasteiger partial charge in [0.25, 0.3) is 0 Å². The second kappa shape index (κ2) is 5.57. The zero-order valence-electron chi connectivity index (χ0n) is 9.72. The van der Waals surface area contributed by atoms with Gasteiger partial charge in [-0.05, 0) is 25.0 Å². The van der Waals surface area contributed by atoms with Gasteiger partial charge in [0.1, 0.15) is 0 Å². The minimum atomic E-state index is -0.0475. The van der Waals surface area contributed by atoms with Crippen molar-refractivity contribution in [2.75, 3.05) is 6.54 Å². The highest BCUT2D eigenvalue weighted by Gasteiger charge is 2.22. The Balaban J connectivity index is 2.42. The largest absolute Gasteiger partial charge is 0.304 e. The Kier molecular flexibility index (Phi) is 4.09. The molecule has 2 heterocycles. The first-order chi connectivity index (χ1) is 8.27. The van der Waals surface area contributed by atoms with Crippen molar-refractivity contribution in [1.82, 2.24) is 24.7 Å².